The number of nitrogens with zero attached hydrogens (tertiary/aromatic N) is 3. The number of pyridine rings is 1. The van der Waals surface area contributed by atoms with Gasteiger partial charge < -0.3 is 10.4 Å². The minimum absolute atomic E-state index is 0.0549. The second kappa shape index (κ2) is 7.42. The van der Waals surface area contributed by atoms with E-state index in [9.17, 15) is 13.6 Å². The predicted octanol–water partition coefficient (Wildman–Crippen LogP) is 1.71. The summed E-state index contributed by atoms with van der Waals surface area (Å²) in [5, 5.41) is 18.7. The molecular formula is C16H15F2N5O3. The Labute approximate surface area is 146 Å². The lowest BCUT2D eigenvalue weighted by Gasteiger charge is -2.15. The highest BCUT2D eigenvalue weighted by Gasteiger charge is 2.20. The van der Waals surface area contributed by atoms with Crippen LogP contribution in [0.3, 0.4) is 0 Å². The van der Waals surface area contributed by atoms with Gasteiger partial charge in [-0.1, -0.05) is 6.07 Å². The van der Waals surface area contributed by atoms with Gasteiger partial charge in [-0.25, -0.2) is 14.3 Å². The first kappa shape index (κ1) is 17.7. The number of amides is 1. The Kier molecular flexibility index (Phi) is 5.05. The number of hydrogen-bond donors (Lipinski definition) is 3. The summed E-state index contributed by atoms with van der Waals surface area (Å²) in [5.74, 6) is -2.06. The normalized spacial score (nSPS) is 10.9. The van der Waals surface area contributed by atoms with E-state index in [1.807, 2.05) is 0 Å². The second-order valence-corrected chi connectivity index (χ2v) is 5.39. The Morgan fingerprint density at radius 1 is 1.31 bits per heavy atom. The fraction of sp³-hybridized carbons (Fsp3) is 0.188. The van der Waals surface area contributed by atoms with Crippen LogP contribution in [-0.4, -0.2) is 38.8 Å². The number of carbonyl (C=O) groups is 1. The van der Waals surface area contributed by atoms with Crippen LogP contribution in [0.4, 0.5) is 20.3 Å². The van der Waals surface area contributed by atoms with E-state index in [-0.39, 0.29) is 35.9 Å². The Morgan fingerprint density at radius 3 is 2.85 bits per heavy atom. The minimum atomic E-state index is -0.789. The highest BCUT2D eigenvalue weighted by Crippen LogP contribution is 2.26. The number of aryl methyl sites for hydroxylation is 1. The molecule has 136 valence electrons. The van der Waals surface area contributed by atoms with Crippen molar-refractivity contribution in [3.63, 3.8) is 0 Å². The van der Waals surface area contributed by atoms with E-state index in [0.29, 0.717) is 0 Å². The zero-order valence-electron chi connectivity index (χ0n) is 13.7. The molecule has 2 aromatic heterocycles. The van der Waals surface area contributed by atoms with Crippen molar-refractivity contribution in [1.29, 1.82) is 0 Å². The number of benzene rings is 1. The summed E-state index contributed by atoms with van der Waals surface area (Å²) in [5.41, 5.74) is 2.59. The molecular weight excluding hydrogens is 348 g/mol. The van der Waals surface area contributed by atoms with E-state index < -0.39 is 17.5 Å². The molecule has 2 heterocycles. The van der Waals surface area contributed by atoms with Crippen LogP contribution < -0.4 is 10.8 Å². The smallest absolute Gasteiger partial charge is 0.278 e. The molecule has 0 spiro atoms. The van der Waals surface area contributed by atoms with Crippen molar-refractivity contribution in [2.24, 2.45) is 0 Å². The van der Waals surface area contributed by atoms with Gasteiger partial charge in [-0.05, 0) is 30.7 Å². The van der Waals surface area contributed by atoms with Gasteiger partial charge in [0.2, 0.25) is 0 Å². The molecule has 1 amide bonds. The lowest BCUT2D eigenvalue weighted by atomic mass is 10.2. The average Bonchev–Trinajstić information content (AvgIpc) is 3.09. The number of carbonyl (C=O) groups excluding carboxylic acids is 1. The summed E-state index contributed by atoms with van der Waals surface area (Å²) in [4.78, 5) is 17.1. The van der Waals surface area contributed by atoms with Gasteiger partial charge in [-0.3, -0.25) is 14.0 Å². The van der Waals surface area contributed by atoms with Crippen LogP contribution in [0.5, 0.6) is 0 Å². The maximum absolute atomic E-state index is 14.2. The van der Waals surface area contributed by atoms with E-state index in [4.69, 9.17) is 9.94 Å². The van der Waals surface area contributed by atoms with Crippen molar-refractivity contribution in [2.75, 3.05) is 18.5 Å². The van der Waals surface area contributed by atoms with Gasteiger partial charge in [0.1, 0.15) is 18.0 Å². The average molecular weight is 363 g/mol. The van der Waals surface area contributed by atoms with Crippen LogP contribution in [-0.2, 0) is 4.84 Å². The summed E-state index contributed by atoms with van der Waals surface area (Å²) in [6.45, 7) is 1.29. The molecule has 0 saturated carbocycles. The zero-order chi connectivity index (χ0) is 18.7. The summed E-state index contributed by atoms with van der Waals surface area (Å²) in [6, 6.07) is 5.44. The van der Waals surface area contributed by atoms with Crippen LogP contribution in [0.25, 0.3) is 5.65 Å². The molecule has 10 heteroatoms. The second-order valence-electron chi connectivity index (χ2n) is 5.39. The molecule has 0 bridgehead atoms. The van der Waals surface area contributed by atoms with Gasteiger partial charge in [0.15, 0.2) is 11.5 Å². The van der Waals surface area contributed by atoms with E-state index in [2.05, 4.69) is 21.0 Å². The highest BCUT2D eigenvalue weighted by molar-refractivity contribution is 5.99. The Morgan fingerprint density at radius 2 is 2.12 bits per heavy atom. The number of fused-ring (bicyclic) bond motifs is 1. The molecule has 3 rings (SSSR count). The fourth-order valence-corrected chi connectivity index (χ4v) is 2.32. The maximum atomic E-state index is 14.2. The number of anilines is 2. The van der Waals surface area contributed by atoms with Gasteiger partial charge in [-0.15, -0.1) is 10.2 Å². The number of hydroxylamine groups is 1. The van der Waals surface area contributed by atoms with Crippen LogP contribution >= 0.6 is 0 Å². The van der Waals surface area contributed by atoms with Crippen LogP contribution in [0.15, 0.2) is 30.6 Å². The minimum Gasteiger partial charge on any atom is -0.394 e. The monoisotopic (exact) mass is 363 g/mol. The van der Waals surface area contributed by atoms with E-state index in [1.165, 1.54) is 22.9 Å². The molecule has 1 aromatic carbocycles. The molecule has 3 N–H and O–H groups in total. The molecule has 0 unspecified atom stereocenters. The van der Waals surface area contributed by atoms with Gasteiger partial charge in [0, 0.05) is 0 Å². The zero-order valence-corrected chi connectivity index (χ0v) is 13.7. The van der Waals surface area contributed by atoms with Gasteiger partial charge in [0.05, 0.1) is 24.5 Å². The van der Waals surface area contributed by atoms with E-state index in [1.54, 1.807) is 13.0 Å². The summed E-state index contributed by atoms with van der Waals surface area (Å²) in [7, 11) is 0. The molecule has 0 atom stereocenters. The molecule has 26 heavy (non-hydrogen) atoms. The SMILES string of the molecule is Cc1ccc(Nc2c(C(=O)NOCCO)cc(F)c3nncn23)c(F)c1. The highest BCUT2D eigenvalue weighted by atomic mass is 19.1. The van der Waals surface area contributed by atoms with Crippen LogP contribution in [0, 0.1) is 18.6 Å². The molecule has 8 nitrogen and oxygen atoms in total. The largest absolute Gasteiger partial charge is 0.394 e. The number of hydrogen-bond acceptors (Lipinski definition) is 6. The third kappa shape index (κ3) is 3.46. The van der Waals surface area contributed by atoms with Crippen molar-refractivity contribution in [1.82, 2.24) is 20.1 Å². The first-order valence-corrected chi connectivity index (χ1v) is 7.59. The first-order valence-electron chi connectivity index (χ1n) is 7.59. The van der Waals surface area contributed by atoms with Gasteiger partial charge in [-0.2, -0.15) is 0 Å². The Hall–Kier alpha value is -3.11. The molecule has 0 radical (unpaired) electrons. The molecule has 0 aliphatic rings. The third-order valence-corrected chi connectivity index (χ3v) is 3.51. The topological polar surface area (TPSA) is 101 Å². The standard InChI is InChI=1S/C16H15F2N5O3/c1-9-2-3-13(11(17)6-9)20-14-10(16(25)22-26-5-4-24)7-12(18)15-21-19-8-23(14)15/h2-3,6-8,20,24H,4-5H2,1H3,(H,22,25). The van der Waals surface area contributed by atoms with Crippen molar-refractivity contribution >= 4 is 23.1 Å². The lowest BCUT2D eigenvalue weighted by Crippen LogP contribution is -2.26. The van der Waals surface area contributed by atoms with E-state index in [0.717, 1.165) is 11.6 Å². The number of rotatable bonds is 6. The Bertz CT molecular complexity index is 960. The third-order valence-electron chi connectivity index (χ3n) is 3.51. The van der Waals surface area contributed by atoms with Crippen molar-refractivity contribution < 1.29 is 23.5 Å². The number of aliphatic hydroxyl groups is 1. The predicted molar refractivity (Wildman–Crippen MR) is 87.9 cm³/mol. The number of nitrogens with one attached hydrogen (secondary N) is 2. The number of halogens is 2. The van der Waals surface area contributed by atoms with Crippen molar-refractivity contribution in [2.45, 2.75) is 6.92 Å². The Balaban J connectivity index is 2.06. The summed E-state index contributed by atoms with van der Waals surface area (Å²) in [6.07, 6.45) is 1.19. The van der Waals surface area contributed by atoms with E-state index >= 15 is 0 Å². The molecule has 0 saturated heterocycles. The van der Waals surface area contributed by atoms with Crippen LogP contribution in [0.2, 0.25) is 0 Å². The van der Waals surface area contributed by atoms with Crippen LogP contribution in [0.1, 0.15) is 15.9 Å². The number of aromatic nitrogens is 3. The fourth-order valence-electron chi connectivity index (χ4n) is 2.32. The van der Waals surface area contributed by atoms with Gasteiger partial charge in [0.25, 0.3) is 5.91 Å². The van der Waals surface area contributed by atoms with Crippen molar-refractivity contribution in [3.8, 4) is 0 Å². The molecule has 0 aliphatic heterocycles. The number of aliphatic hydroxyl groups excluding tert-OH is 1. The lowest BCUT2D eigenvalue weighted by molar-refractivity contribution is 0.0168. The maximum Gasteiger partial charge on any atom is 0.278 e. The molecule has 0 aliphatic carbocycles. The quantitative estimate of drug-likeness (QED) is 0.455. The van der Waals surface area contributed by atoms with Gasteiger partial charge >= 0.3 is 0 Å². The molecule has 3 aromatic rings. The first-order chi connectivity index (χ1) is 12.5. The summed E-state index contributed by atoms with van der Waals surface area (Å²) < 4.78 is 29.6. The molecule has 0 fully saturated rings. The van der Waals surface area contributed by atoms with Crippen molar-refractivity contribution in [3.05, 3.63) is 53.4 Å². The summed E-state index contributed by atoms with van der Waals surface area (Å²) >= 11 is 0.